The minimum Gasteiger partial charge on any atom is -0.422 e. The summed E-state index contributed by atoms with van der Waals surface area (Å²) in [7, 11) is -3.32. The lowest BCUT2D eigenvalue weighted by Crippen LogP contribution is -2.34. The minimum absolute atomic E-state index is 0.428. The Bertz CT molecular complexity index is 914. The molecule has 132 valence electrons. The monoisotopic (exact) mass is 359 g/mol. The van der Waals surface area contributed by atoms with Gasteiger partial charge in [-0.1, -0.05) is 18.2 Å². The minimum atomic E-state index is -3.32. The van der Waals surface area contributed by atoms with Gasteiger partial charge in [0.1, 0.15) is 5.75 Å². The molecule has 0 atom stereocenters. The molecule has 0 spiro atoms. The van der Waals surface area contributed by atoms with Gasteiger partial charge < -0.3 is 4.74 Å². The molecule has 2 aromatic carbocycles. The molecule has 0 aliphatic carbocycles. The van der Waals surface area contributed by atoms with Crippen molar-refractivity contribution < 1.29 is 17.9 Å². The summed E-state index contributed by atoms with van der Waals surface area (Å²) in [6, 6.07) is 10.8. The molecule has 0 N–H and O–H groups in total. The van der Waals surface area contributed by atoms with Gasteiger partial charge in [0.25, 0.3) is 0 Å². The van der Waals surface area contributed by atoms with Gasteiger partial charge in [0.05, 0.1) is 17.5 Å². The van der Waals surface area contributed by atoms with Crippen molar-refractivity contribution in [3.63, 3.8) is 0 Å². The average Bonchev–Trinajstić information content (AvgIpc) is 2.56. The number of rotatable bonds is 3. The number of ether oxygens (including phenoxy) is 1. The summed E-state index contributed by atoms with van der Waals surface area (Å²) < 4.78 is 30.8. The van der Waals surface area contributed by atoms with Crippen molar-refractivity contribution in [1.29, 1.82) is 0 Å². The van der Waals surface area contributed by atoms with Gasteiger partial charge in [0, 0.05) is 6.54 Å². The standard InChI is InChI=1S/C19H21NO4S/c1-13-6-4-7-14(2)18(13)24-19(21)16-9-10-17-15(12-16)8-5-11-20(17)25(3,22)23/h4,6-7,9-10,12H,5,8,11H2,1-3H3. The van der Waals surface area contributed by atoms with Crippen molar-refractivity contribution in [3.8, 4) is 5.75 Å². The Morgan fingerprint density at radius 3 is 2.44 bits per heavy atom. The predicted molar refractivity (Wildman–Crippen MR) is 97.8 cm³/mol. The average molecular weight is 359 g/mol. The number of aryl methyl sites for hydroxylation is 3. The molecule has 1 heterocycles. The van der Waals surface area contributed by atoms with Crippen LogP contribution in [0.5, 0.6) is 5.75 Å². The zero-order chi connectivity index (χ0) is 18.2. The summed E-state index contributed by atoms with van der Waals surface area (Å²) in [6.45, 7) is 4.26. The van der Waals surface area contributed by atoms with E-state index in [-0.39, 0.29) is 0 Å². The Morgan fingerprint density at radius 1 is 1.12 bits per heavy atom. The highest BCUT2D eigenvalue weighted by Crippen LogP contribution is 2.30. The number of sulfonamides is 1. The molecule has 0 fully saturated rings. The van der Waals surface area contributed by atoms with Gasteiger partial charge in [-0.25, -0.2) is 13.2 Å². The number of nitrogens with zero attached hydrogens (tertiary/aromatic N) is 1. The first-order chi connectivity index (χ1) is 11.8. The van der Waals surface area contributed by atoms with Crippen molar-refractivity contribution >= 4 is 21.7 Å². The van der Waals surface area contributed by atoms with Crippen molar-refractivity contribution in [3.05, 3.63) is 58.7 Å². The van der Waals surface area contributed by atoms with Gasteiger partial charge in [0.2, 0.25) is 10.0 Å². The molecule has 0 saturated carbocycles. The zero-order valence-corrected chi connectivity index (χ0v) is 15.4. The van der Waals surface area contributed by atoms with Crippen LogP contribution in [0.3, 0.4) is 0 Å². The van der Waals surface area contributed by atoms with Crippen LogP contribution in [0.15, 0.2) is 36.4 Å². The van der Waals surface area contributed by atoms with Crippen molar-refractivity contribution in [1.82, 2.24) is 0 Å². The maximum atomic E-state index is 12.5. The second-order valence-corrected chi connectivity index (χ2v) is 8.30. The summed E-state index contributed by atoms with van der Waals surface area (Å²) in [5.41, 5.74) is 3.73. The highest BCUT2D eigenvalue weighted by Gasteiger charge is 2.25. The molecule has 5 nitrogen and oxygen atoms in total. The predicted octanol–water partition coefficient (Wildman–Crippen LogP) is 3.23. The van der Waals surface area contributed by atoms with Crippen LogP contribution in [0, 0.1) is 13.8 Å². The molecule has 1 aliphatic rings. The molecule has 6 heteroatoms. The van der Waals surface area contributed by atoms with E-state index in [1.165, 1.54) is 10.6 Å². The summed E-state index contributed by atoms with van der Waals surface area (Å²) in [4.78, 5) is 12.5. The topological polar surface area (TPSA) is 63.7 Å². The van der Waals surface area contributed by atoms with Crippen LogP contribution in [0.1, 0.15) is 33.5 Å². The Balaban J connectivity index is 1.91. The van der Waals surface area contributed by atoms with E-state index in [4.69, 9.17) is 4.74 Å². The van der Waals surface area contributed by atoms with E-state index in [0.717, 1.165) is 29.5 Å². The molecule has 0 amide bonds. The van der Waals surface area contributed by atoms with Crippen LogP contribution in [-0.2, 0) is 16.4 Å². The molecule has 25 heavy (non-hydrogen) atoms. The smallest absolute Gasteiger partial charge is 0.343 e. The SMILES string of the molecule is Cc1cccc(C)c1OC(=O)c1ccc2c(c1)CCCN2S(C)(=O)=O. The fourth-order valence-corrected chi connectivity index (χ4v) is 4.14. The van der Waals surface area contributed by atoms with Crippen LogP contribution >= 0.6 is 0 Å². The van der Waals surface area contributed by atoms with Gasteiger partial charge in [-0.15, -0.1) is 0 Å². The van der Waals surface area contributed by atoms with Crippen molar-refractivity contribution in [2.75, 3.05) is 17.1 Å². The van der Waals surface area contributed by atoms with Crippen molar-refractivity contribution in [2.45, 2.75) is 26.7 Å². The van der Waals surface area contributed by atoms with E-state index in [2.05, 4.69) is 0 Å². The molecule has 0 saturated heterocycles. The van der Waals surface area contributed by atoms with E-state index >= 15 is 0 Å². The van der Waals surface area contributed by atoms with Gasteiger partial charge in [-0.2, -0.15) is 0 Å². The second kappa shape index (κ2) is 6.52. The first kappa shape index (κ1) is 17.5. The van der Waals surface area contributed by atoms with Crippen molar-refractivity contribution in [2.24, 2.45) is 0 Å². The van der Waals surface area contributed by atoms with E-state index in [9.17, 15) is 13.2 Å². The van der Waals surface area contributed by atoms with Crippen LogP contribution < -0.4 is 9.04 Å². The Hall–Kier alpha value is -2.34. The van der Waals surface area contributed by atoms with Crippen LogP contribution in [0.2, 0.25) is 0 Å². The Morgan fingerprint density at radius 2 is 1.80 bits per heavy atom. The first-order valence-electron chi connectivity index (χ1n) is 8.16. The molecule has 2 aromatic rings. The maximum Gasteiger partial charge on any atom is 0.343 e. The zero-order valence-electron chi connectivity index (χ0n) is 14.6. The highest BCUT2D eigenvalue weighted by atomic mass is 32.2. The molecule has 3 rings (SSSR count). The fourth-order valence-electron chi connectivity index (χ4n) is 3.15. The van der Waals surface area contributed by atoms with E-state index in [1.807, 2.05) is 32.0 Å². The van der Waals surface area contributed by atoms with Crippen LogP contribution in [0.4, 0.5) is 5.69 Å². The normalized spacial score (nSPS) is 14.1. The van der Waals surface area contributed by atoms with E-state index in [0.29, 0.717) is 23.5 Å². The molecule has 1 aliphatic heterocycles. The third-order valence-electron chi connectivity index (χ3n) is 4.40. The summed E-state index contributed by atoms with van der Waals surface area (Å²) in [5, 5.41) is 0. The van der Waals surface area contributed by atoms with Crippen LogP contribution in [-0.4, -0.2) is 27.2 Å². The van der Waals surface area contributed by atoms with E-state index in [1.54, 1.807) is 18.2 Å². The number of carbonyl (C=O) groups is 1. The van der Waals surface area contributed by atoms with Gasteiger partial charge >= 0.3 is 5.97 Å². The number of hydrogen-bond donors (Lipinski definition) is 0. The number of benzene rings is 2. The summed E-state index contributed by atoms with van der Waals surface area (Å²) in [5.74, 6) is 0.139. The van der Waals surface area contributed by atoms with Gasteiger partial charge in [-0.05, 0) is 61.6 Å². The quantitative estimate of drug-likeness (QED) is 0.623. The number of esters is 1. The number of carbonyl (C=O) groups excluding carboxylic acids is 1. The fraction of sp³-hybridized carbons (Fsp3) is 0.316. The number of para-hydroxylation sites is 1. The molecule has 0 unspecified atom stereocenters. The van der Waals surface area contributed by atoms with Gasteiger partial charge in [-0.3, -0.25) is 4.31 Å². The number of hydrogen-bond acceptors (Lipinski definition) is 4. The lowest BCUT2D eigenvalue weighted by atomic mass is 10.0. The lowest BCUT2D eigenvalue weighted by molar-refractivity contribution is 0.0732. The summed E-state index contributed by atoms with van der Waals surface area (Å²) in [6.07, 6.45) is 2.67. The molecule has 0 bridgehead atoms. The second-order valence-electron chi connectivity index (χ2n) is 6.39. The lowest BCUT2D eigenvalue weighted by Gasteiger charge is -2.29. The third-order valence-corrected chi connectivity index (χ3v) is 5.57. The highest BCUT2D eigenvalue weighted by molar-refractivity contribution is 7.92. The molecule has 0 aromatic heterocycles. The van der Waals surface area contributed by atoms with E-state index < -0.39 is 16.0 Å². The first-order valence-corrected chi connectivity index (χ1v) is 10.0. The Labute approximate surface area is 148 Å². The Kier molecular flexibility index (Phi) is 4.56. The third kappa shape index (κ3) is 3.54. The largest absolute Gasteiger partial charge is 0.422 e. The maximum absolute atomic E-state index is 12.5. The number of fused-ring (bicyclic) bond motifs is 1. The van der Waals surface area contributed by atoms with Crippen LogP contribution in [0.25, 0.3) is 0 Å². The molecule has 0 radical (unpaired) electrons. The summed E-state index contributed by atoms with van der Waals surface area (Å²) >= 11 is 0. The molecular formula is C19H21NO4S. The molecular weight excluding hydrogens is 338 g/mol. The van der Waals surface area contributed by atoms with Gasteiger partial charge in [0.15, 0.2) is 0 Å². The number of anilines is 1.